The molecule has 0 amide bonds. The largest absolute Gasteiger partial charge is 0.493 e. The lowest BCUT2D eigenvalue weighted by Gasteiger charge is -2.29. The molecule has 20 heavy (non-hydrogen) atoms. The third-order valence-corrected chi connectivity index (χ3v) is 4.59. The van der Waals surface area contributed by atoms with Crippen LogP contribution < -0.4 is 4.74 Å². The van der Waals surface area contributed by atoms with Crippen molar-refractivity contribution in [2.75, 3.05) is 12.4 Å². The van der Waals surface area contributed by atoms with E-state index in [2.05, 4.69) is 6.92 Å². The van der Waals surface area contributed by atoms with Crippen LogP contribution in [-0.4, -0.2) is 20.8 Å². The van der Waals surface area contributed by atoms with Gasteiger partial charge in [0, 0.05) is 16.6 Å². The minimum atomic E-state index is -3.53. The van der Waals surface area contributed by atoms with E-state index in [1.807, 2.05) is 45.0 Å². The Morgan fingerprint density at radius 3 is 2.15 bits per heavy atom. The van der Waals surface area contributed by atoms with Crippen LogP contribution in [-0.2, 0) is 15.5 Å². The molecule has 114 valence electrons. The van der Waals surface area contributed by atoms with E-state index in [0.717, 1.165) is 12.2 Å². The predicted molar refractivity (Wildman–Crippen MR) is 83.9 cm³/mol. The molecule has 0 N–H and O–H groups in total. The third kappa shape index (κ3) is 6.14. The van der Waals surface area contributed by atoms with E-state index < -0.39 is 9.05 Å². The lowest BCUT2D eigenvalue weighted by Crippen LogP contribution is -2.31. The van der Waals surface area contributed by atoms with Crippen molar-refractivity contribution >= 4 is 19.7 Å². The van der Waals surface area contributed by atoms with E-state index in [4.69, 9.17) is 15.4 Å². The van der Waals surface area contributed by atoms with Crippen LogP contribution in [0.4, 0.5) is 0 Å². The molecule has 0 saturated carbocycles. The molecule has 5 heteroatoms. The molecule has 0 aliphatic rings. The molecule has 3 nitrogen and oxygen atoms in total. The molecular weight excluding hydrogens is 296 g/mol. The molecule has 0 aliphatic heterocycles. The average Bonchev–Trinajstić information content (AvgIpc) is 2.32. The quantitative estimate of drug-likeness (QED) is 0.748. The van der Waals surface area contributed by atoms with Crippen LogP contribution >= 0.6 is 10.7 Å². The molecular formula is C15H23ClO3S. The number of rotatable bonds is 6. The van der Waals surface area contributed by atoms with Crippen LogP contribution in [0.5, 0.6) is 5.75 Å². The Morgan fingerprint density at radius 1 is 1.20 bits per heavy atom. The Kier molecular flexibility index (Phi) is 5.90. The maximum absolute atomic E-state index is 11.3. The van der Waals surface area contributed by atoms with Gasteiger partial charge in [0.25, 0.3) is 0 Å². The Hall–Kier alpha value is -0.740. The van der Waals surface area contributed by atoms with Crippen molar-refractivity contribution in [3.63, 3.8) is 0 Å². The second kappa shape index (κ2) is 6.81. The topological polar surface area (TPSA) is 43.4 Å². The van der Waals surface area contributed by atoms with Crippen LogP contribution in [0.2, 0.25) is 0 Å². The van der Waals surface area contributed by atoms with Gasteiger partial charge in [0.2, 0.25) is 9.05 Å². The standard InChI is InChI=1S/C15H23ClO3S/c1-5-12-6-8-14(9-7-12)19-10-13(15(2,3)4)11-20(16,17)18/h6-9,13H,5,10-11H2,1-4H3. The highest BCUT2D eigenvalue weighted by atomic mass is 35.7. The summed E-state index contributed by atoms with van der Waals surface area (Å²) in [4.78, 5) is 0. The summed E-state index contributed by atoms with van der Waals surface area (Å²) in [6, 6.07) is 7.85. The maximum atomic E-state index is 11.3. The monoisotopic (exact) mass is 318 g/mol. The van der Waals surface area contributed by atoms with E-state index in [9.17, 15) is 8.42 Å². The molecule has 0 aromatic heterocycles. The second-order valence-electron chi connectivity index (χ2n) is 6.08. The first-order chi connectivity index (χ1) is 9.12. The Bertz CT molecular complexity index is 515. The van der Waals surface area contributed by atoms with Crippen molar-refractivity contribution in [3.05, 3.63) is 29.8 Å². The van der Waals surface area contributed by atoms with E-state index in [1.54, 1.807) is 0 Å². The number of halogens is 1. The molecule has 0 saturated heterocycles. The Labute approximate surface area is 126 Å². The van der Waals surface area contributed by atoms with Crippen LogP contribution in [0, 0.1) is 11.3 Å². The average molecular weight is 319 g/mol. The molecule has 1 unspecified atom stereocenters. The zero-order valence-electron chi connectivity index (χ0n) is 12.5. The lowest BCUT2D eigenvalue weighted by molar-refractivity contribution is 0.163. The van der Waals surface area contributed by atoms with E-state index in [0.29, 0.717) is 6.61 Å². The summed E-state index contributed by atoms with van der Waals surface area (Å²) in [6.45, 7) is 8.40. The van der Waals surface area contributed by atoms with Crippen molar-refractivity contribution in [1.29, 1.82) is 0 Å². The first-order valence-electron chi connectivity index (χ1n) is 6.76. The van der Waals surface area contributed by atoms with Crippen molar-refractivity contribution in [3.8, 4) is 5.75 Å². The molecule has 0 heterocycles. The van der Waals surface area contributed by atoms with Gasteiger partial charge in [-0.1, -0.05) is 39.8 Å². The summed E-state index contributed by atoms with van der Waals surface area (Å²) >= 11 is 0. The van der Waals surface area contributed by atoms with E-state index in [1.165, 1.54) is 5.56 Å². The number of aryl methyl sites for hydroxylation is 1. The fourth-order valence-electron chi connectivity index (χ4n) is 1.81. The van der Waals surface area contributed by atoms with Crippen LogP contribution in [0.25, 0.3) is 0 Å². The first-order valence-corrected chi connectivity index (χ1v) is 9.23. The molecule has 1 atom stereocenters. The summed E-state index contributed by atoms with van der Waals surface area (Å²) in [5, 5.41) is 0. The van der Waals surface area contributed by atoms with Crippen molar-refractivity contribution in [1.82, 2.24) is 0 Å². The predicted octanol–water partition coefficient (Wildman–Crippen LogP) is 3.86. The zero-order valence-corrected chi connectivity index (χ0v) is 14.1. The van der Waals surface area contributed by atoms with Gasteiger partial charge < -0.3 is 4.74 Å². The van der Waals surface area contributed by atoms with Gasteiger partial charge in [0.05, 0.1) is 12.4 Å². The third-order valence-electron chi connectivity index (χ3n) is 3.41. The van der Waals surface area contributed by atoms with Gasteiger partial charge in [-0.2, -0.15) is 0 Å². The molecule has 0 bridgehead atoms. The zero-order chi connectivity index (χ0) is 15.4. The SMILES string of the molecule is CCc1ccc(OCC(CS(=O)(=O)Cl)C(C)(C)C)cc1. The summed E-state index contributed by atoms with van der Waals surface area (Å²) in [6.07, 6.45) is 0.982. The van der Waals surface area contributed by atoms with Crippen molar-refractivity contribution < 1.29 is 13.2 Å². The highest BCUT2D eigenvalue weighted by Gasteiger charge is 2.29. The van der Waals surface area contributed by atoms with Gasteiger partial charge in [-0.05, 0) is 29.5 Å². The summed E-state index contributed by atoms with van der Waals surface area (Å²) in [5.41, 5.74) is 1.05. The summed E-state index contributed by atoms with van der Waals surface area (Å²) in [5.74, 6) is 0.518. The van der Waals surface area contributed by atoms with Crippen LogP contribution in [0.15, 0.2) is 24.3 Å². The van der Waals surface area contributed by atoms with Gasteiger partial charge in [0.1, 0.15) is 5.75 Å². The summed E-state index contributed by atoms with van der Waals surface area (Å²) < 4.78 is 28.3. The molecule has 1 aromatic carbocycles. The van der Waals surface area contributed by atoms with Gasteiger partial charge in [-0.3, -0.25) is 0 Å². The second-order valence-corrected chi connectivity index (χ2v) is 8.90. The molecule has 0 aliphatic carbocycles. The van der Waals surface area contributed by atoms with Gasteiger partial charge in [-0.15, -0.1) is 0 Å². The van der Waals surface area contributed by atoms with Gasteiger partial charge in [0.15, 0.2) is 0 Å². The maximum Gasteiger partial charge on any atom is 0.233 e. The minimum absolute atomic E-state index is 0.0783. The van der Waals surface area contributed by atoms with Gasteiger partial charge in [-0.25, -0.2) is 8.42 Å². The van der Waals surface area contributed by atoms with Crippen LogP contribution in [0.1, 0.15) is 33.3 Å². The molecule has 1 rings (SSSR count). The number of hydrogen-bond acceptors (Lipinski definition) is 3. The fourth-order valence-corrected chi connectivity index (χ4v) is 3.34. The van der Waals surface area contributed by atoms with Crippen molar-refractivity contribution in [2.24, 2.45) is 11.3 Å². The van der Waals surface area contributed by atoms with E-state index >= 15 is 0 Å². The smallest absolute Gasteiger partial charge is 0.233 e. The fraction of sp³-hybridized carbons (Fsp3) is 0.600. The minimum Gasteiger partial charge on any atom is -0.493 e. The highest BCUT2D eigenvalue weighted by Crippen LogP contribution is 2.29. The summed E-state index contributed by atoms with van der Waals surface area (Å²) in [7, 11) is 1.84. The Morgan fingerprint density at radius 2 is 1.75 bits per heavy atom. The van der Waals surface area contributed by atoms with Crippen LogP contribution in [0.3, 0.4) is 0 Å². The van der Waals surface area contributed by atoms with Gasteiger partial charge >= 0.3 is 0 Å². The molecule has 0 radical (unpaired) electrons. The lowest BCUT2D eigenvalue weighted by atomic mass is 9.82. The number of benzene rings is 1. The Balaban J connectivity index is 2.70. The first kappa shape index (κ1) is 17.3. The normalized spacial score (nSPS) is 14.1. The molecule has 1 aromatic rings. The van der Waals surface area contributed by atoms with E-state index in [-0.39, 0.29) is 17.1 Å². The highest BCUT2D eigenvalue weighted by molar-refractivity contribution is 8.13. The number of ether oxygens (including phenoxy) is 1. The molecule has 0 fully saturated rings. The van der Waals surface area contributed by atoms with Crippen molar-refractivity contribution in [2.45, 2.75) is 34.1 Å². The molecule has 0 spiro atoms. The number of hydrogen-bond donors (Lipinski definition) is 0.